The topological polar surface area (TPSA) is 97.0 Å². The molecule has 3 aromatic rings. The Morgan fingerprint density at radius 2 is 1.49 bits per heavy atom. The van der Waals surface area contributed by atoms with Crippen molar-refractivity contribution >= 4 is 27.3 Å². The zero-order chi connectivity index (χ0) is 24.8. The van der Waals surface area contributed by atoms with Crippen molar-refractivity contribution in [3.63, 3.8) is 0 Å². The fourth-order valence-electron chi connectivity index (χ4n) is 3.70. The van der Waals surface area contributed by atoms with E-state index < -0.39 is 10.0 Å². The van der Waals surface area contributed by atoms with E-state index in [-0.39, 0.29) is 10.8 Å². The lowest BCUT2D eigenvalue weighted by atomic mass is 10.1. The molecule has 0 spiro atoms. The van der Waals surface area contributed by atoms with Crippen LogP contribution in [0.15, 0.2) is 71.6 Å². The Bertz CT molecular complexity index is 1270. The number of rotatable bonds is 9. The first-order chi connectivity index (χ1) is 16.9. The smallest absolute Gasteiger partial charge is 0.262 e. The maximum Gasteiger partial charge on any atom is 0.262 e. The van der Waals surface area contributed by atoms with Gasteiger partial charge in [0, 0.05) is 29.5 Å². The average Bonchev–Trinajstić information content (AvgIpc) is 2.88. The first-order valence-electron chi connectivity index (χ1n) is 11.5. The molecule has 0 saturated heterocycles. The summed E-state index contributed by atoms with van der Waals surface area (Å²) in [7, 11) is -3.82. The molecule has 0 atom stereocenters. The molecule has 8 nitrogen and oxygen atoms in total. The molecule has 0 unspecified atom stereocenters. The standard InChI is InChI=1S/C26H29N3O5S/c1-3-29(4-2)18-19-5-7-20(8-6-19)26(30)27-21-9-11-22(12-10-21)28-35(31,32)23-13-14-24-25(17-23)34-16-15-33-24/h5-14,17,28H,3-4,15-16,18H2,1-2H3,(H,27,30). The van der Waals surface area contributed by atoms with Gasteiger partial charge in [0.2, 0.25) is 0 Å². The first-order valence-corrected chi connectivity index (χ1v) is 13.0. The van der Waals surface area contributed by atoms with Crippen molar-refractivity contribution in [2.75, 3.05) is 36.3 Å². The summed E-state index contributed by atoms with van der Waals surface area (Å²) in [5.41, 5.74) is 2.64. The quantitative estimate of drug-likeness (QED) is 0.458. The predicted molar refractivity (Wildman–Crippen MR) is 136 cm³/mol. The Labute approximate surface area is 205 Å². The molecule has 9 heteroatoms. The minimum atomic E-state index is -3.82. The molecule has 35 heavy (non-hydrogen) atoms. The number of carbonyl (C=O) groups is 1. The summed E-state index contributed by atoms with van der Waals surface area (Å²) in [4.78, 5) is 15.0. The number of nitrogens with zero attached hydrogens (tertiary/aromatic N) is 1. The Kier molecular flexibility index (Phi) is 7.57. The Morgan fingerprint density at radius 3 is 2.14 bits per heavy atom. The van der Waals surface area contributed by atoms with E-state index in [2.05, 4.69) is 28.8 Å². The lowest BCUT2D eigenvalue weighted by molar-refractivity contribution is 0.102. The predicted octanol–water partition coefficient (Wildman–Crippen LogP) is 4.35. The SMILES string of the molecule is CCN(CC)Cc1ccc(C(=O)Nc2ccc(NS(=O)(=O)c3ccc4c(c3)OCCO4)cc2)cc1. The molecule has 0 radical (unpaired) electrons. The second-order valence-corrected chi connectivity index (χ2v) is 9.78. The molecule has 3 aromatic carbocycles. The van der Waals surface area contributed by atoms with Gasteiger partial charge in [0.1, 0.15) is 13.2 Å². The minimum absolute atomic E-state index is 0.0728. The van der Waals surface area contributed by atoms with Gasteiger partial charge < -0.3 is 14.8 Å². The largest absolute Gasteiger partial charge is 0.486 e. The summed E-state index contributed by atoms with van der Waals surface area (Å²) in [6.45, 7) is 7.85. The molecule has 1 aliphatic rings. The molecule has 0 aliphatic carbocycles. The second kappa shape index (κ2) is 10.8. The molecule has 0 fully saturated rings. The molecule has 1 aliphatic heterocycles. The van der Waals surface area contributed by atoms with Crippen molar-refractivity contribution in [3.8, 4) is 11.5 Å². The van der Waals surface area contributed by atoms with Crippen LogP contribution in [0.1, 0.15) is 29.8 Å². The third kappa shape index (κ3) is 6.12. The molecule has 0 bridgehead atoms. The van der Waals surface area contributed by atoms with Gasteiger partial charge in [-0.1, -0.05) is 26.0 Å². The van der Waals surface area contributed by atoms with Gasteiger partial charge in [0.05, 0.1) is 4.90 Å². The highest BCUT2D eigenvalue weighted by Gasteiger charge is 2.19. The van der Waals surface area contributed by atoms with Crippen LogP contribution >= 0.6 is 0 Å². The summed E-state index contributed by atoms with van der Waals surface area (Å²) < 4.78 is 39.0. The molecule has 4 rings (SSSR count). The zero-order valence-corrected chi connectivity index (χ0v) is 20.6. The van der Waals surface area contributed by atoms with Crippen LogP contribution in [-0.2, 0) is 16.6 Å². The lowest BCUT2D eigenvalue weighted by Crippen LogP contribution is -2.22. The molecule has 184 valence electrons. The van der Waals surface area contributed by atoms with Crippen molar-refractivity contribution in [2.24, 2.45) is 0 Å². The number of amides is 1. The van der Waals surface area contributed by atoms with Gasteiger partial charge in [-0.3, -0.25) is 14.4 Å². The second-order valence-electron chi connectivity index (χ2n) is 8.10. The van der Waals surface area contributed by atoms with Crippen LogP contribution in [0.5, 0.6) is 11.5 Å². The number of sulfonamides is 1. The monoisotopic (exact) mass is 495 g/mol. The van der Waals surface area contributed by atoms with E-state index in [0.717, 1.165) is 25.2 Å². The van der Waals surface area contributed by atoms with Crippen molar-refractivity contribution in [1.29, 1.82) is 0 Å². The van der Waals surface area contributed by atoms with Crippen LogP contribution in [0, 0.1) is 0 Å². The highest BCUT2D eigenvalue weighted by atomic mass is 32.2. The number of nitrogens with one attached hydrogen (secondary N) is 2. The van der Waals surface area contributed by atoms with Gasteiger partial charge in [0.25, 0.3) is 15.9 Å². The highest BCUT2D eigenvalue weighted by molar-refractivity contribution is 7.92. The third-order valence-electron chi connectivity index (χ3n) is 5.74. The van der Waals surface area contributed by atoms with E-state index in [4.69, 9.17) is 9.47 Å². The molecule has 0 saturated carbocycles. The van der Waals surface area contributed by atoms with Crippen molar-refractivity contribution in [3.05, 3.63) is 77.9 Å². The summed E-state index contributed by atoms with van der Waals surface area (Å²) in [5.74, 6) is 0.691. The highest BCUT2D eigenvalue weighted by Crippen LogP contribution is 2.32. The van der Waals surface area contributed by atoms with Gasteiger partial charge in [-0.25, -0.2) is 8.42 Å². The number of fused-ring (bicyclic) bond motifs is 1. The van der Waals surface area contributed by atoms with Crippen LogP contribution < -0.4 is 19.5 Å². The Balaban J connectivity index is 1.37. The van der Waals surface area contributed by atoms with E-state index in [1.807, 2.05) is 24.3 Å². The van der Waals surface area contributed by atoms with Gasteiger partial charge in [-0.05, 0) is 67.2 Å². The maximum atomic E-state index is 12.8. The van der Waals surface area contributed by atoms with Crippen molar-refractivity contribution in [2.45, 2.75) is 25.3 Å². The van der Waals surface area contributed by atoms with Crippen molar-refractivity contribution in [1.82, 2.24) is 4.90 Å². The number of hydrogen-bond donors (Lipinski definition) is 2. The fourth-order valence-corrected chi connectivity index (χ4v) is 4.77. The number of carbonyl (C=O) groups excluding carboxylic acids is 1. The van der Waals surface area contributed by atoms with Crippen LogP contribution in [-0.4, -0.2) is 45.5 Å². The summed E-state index contributed by atoms with van der Waals surface area (Å²) in [6, 6.07) is 18.5. The number of hydrogen-bond acceptors (Lipinski definition) is 6. The molecule has 2 N–H and O–H groups in total. The number of benzene rings is 3. The molecule has 1 heterocycles. The molecule has 1 amide bonds. The lowest BCUT2D eigenvalue weighted by Gasteiger charge is -2.19. The average molecular weight is 496 g/mol. The van der Waals surface area contributed by atoms with E-state index >= 15 is 0 Å². The number of anilines is 2. The van der Waals surface area contributed by atoms with E-state index in [1.165, 1.54) is 12.1 Å². The summed E-state index contributed by atoms with van der Waals surface area (Å²) in [6.07, 6.45) is 0. The van der Waals surface area contributed by atoms with Crippen LogP contribution in [0.2, 0.25) is 0 Å². The van der Waals surface area contributed by atoms with E-state index in [1.54, 1.807) is 30.3 Å². The van der Waals surface area contributed by atoms with Gasteiger partial charge in [0.15, 0.2) is 11.5 Å². The van der Waals surface area contributed by atoms with Crippen molar-refractivity contribution < 1.29 is 22.7 Å². The van der Waals surface area contributed by atoms with Gasteiger partial charge >= 0.3 is 0 Å². The maximum absolute atomic E-state index is 12.8. The van der Waals surface area contributed by atoms with E-state index in [9.17, 15) is 13.2 Å². The van der Waals surface area contributed by atoms with Crippen LogP contribution in [0.3, 0.4) is 0 Å². The summed E-state index contributed by atoms with van der Waals surface area (Å²) >= 11 is 0. The zero-order valence-electron chi connectivity index (χ0n) is 19.8. The molecule has 0 aromatic heterocycles. The van der Waals surface area contributed by atoms with E-state index in [0.29, 0.717) is 41.7 Å². The Hall–Kier alpha value is -3.56. The number of ether oxygens (including phenoxy) is 2. The minimum Gasteiger partial charge on any atom is -0.486 e. The Morgan fingerprint density at radius 1 is 0.857 bits per heavy atom. The fraction of sp³-hybridized carbons (Fsp3) is 0.269. The molecular formula is C26H29N3O5S. The van der Waals surface area contributed by atoms with Crippen LogP contribution in [0.4, 0.5) is 11.4 Å². The summed E-state index contributed by atoms with van der Waals surface area (Å²) in [5, 5.41) is 2.84. The third-order valence-corrected chi connectivity index (χ3v) is 7.11. The first kappa shape index (κ1) is 24.6. The molecular weight excluding hydrogens is 466 g/mol. The normalized spacial score (nSPS) is 12.9. The van der Waals surface area contributed by atoms with Crippen LogP contribution in [0.25, 0.3) is 0 Å². The van der Waals surface area contributed by atoms with Gasteiger partial charge in [-0.2, -0.15) is 0 Å². The van der Waals surface area contributed by atoms with Gasteiger partial charge in [-0.15, -0.1) is 0 Å².